The van der Waals surface area contributed by atoms with Gasteiger partial charge in [-0.3, -0.25) is 14.2 Å². The van der Waals surface area contributed by atoms with E-state index in [4.69, 9.17) is 5.73 Å². The summed E-state index contributed by atoms with van der Waals surface area (Å²) in [6.07, 6.45) is 3.43. The summed E-state index contributed by atoms with van der Waals surface area (Å²) in [5.74, 6) is -0.0512. The fourth-order valence-corrected chi connectivity index (χ4v) is 3.80. The number of para-hydroxylation sites is 1. The molecule has 30 heavy (non-hydrogen) atoms. The van der Waals surface area contributed by atoms with Gasteiger partial charge in [-0.05, 0) is 52.5 Å². The standard InChI is InChI=1S/C21H20BrN5O3/c22-17-6-3-7-18(24-17)25-19(28)12-26(14-8-9-14)20(29)10-13-11-27(21(23)30)16-5-2-1-4-15(13)16/h1-7,11,14H,8-10,12H2,(H2,23,30)(H,24,25,28). The quantitative estimate of drug-likeness (QED) is 0.540. The topological polar surface area (TPSA) is 110 Å². The Morgan fingerprint density at radius 3 is 2.63 bits per heavy atom. The van der Waals surface area contributed by atoms with Crippen LogP contribution < -0.4 is 11.1 Å². The molecule has 0 unspecified atom stereocenters. The van der Waals surface area contributed by atoms with E-state index >= 15 is 0 Å². The lowest BCUT2D eigenvalue weighted by Gasteiger charge is -2.21. The number of halogens is 1. The zero-order valence-corrected chi connectivity index (χ0v) is 17.6. The zero-order valence-electron chi connectivity index (χ0n) is 16.0. The molecule has 3 amide bonds. The number of carbonyl (C=O) groups excluding carboxylic acids is 3. The number of nitrogens with one attached hydrogen (secondary N) is 1. The molecule has 0 aliphatic heterocycles. The van der Waals surface area contributed by atoms with Crippen molar-refractivity contribution in [2.75, 3.05) is 11.9 Å². The molecule has 0 saturated heterocycles. The average molecular weight is 470 g/mol. The number of primary amides is 1. The van der Waals surface area contributed by atoms with Crippen LogP contribution in [0.3, 0.4) is 0 Å². The molecule has 8 nitrogen and oxygen atoms in total. The van der Waals surface area contributed by atoms with E-state index in [1.807, 2.05) is 18.2 Å². The summed E-state index contributed by atoms with van der Waals surface area (Å²) in [6.45, 7) is -0.0495. The minimum absolute atomic E-state index is 0.0495. The molecule has 0 spiro atoms. The van der Waals surface area contributed by atoms with E-state index in [-0.39, 0.29) is 30.8 Å². The second-order valence-electron chi connectivity index (χ2n) is 7.20. The maximum Gasteiger partial charge on any atom is 0.323 e. The minimum atomic E-state index is -0.607. The molecule has 0 bridgehead atoms. The summed E-state index contributed by atoms with van der Waals surface area (Å²) < 4.78 is 1.95. The van der Waals surface area contributed by atoms with E-state index in [0.29, 0.717) is 21.5 Å². The van der Waals surface area contributed by atoms with Crippen LogP contribution in [-0.4, -0.2) is 44.9 Å². The predicted molar refractivity (Wildman–Crippen MR) is 116 cm³/mol. The van der Waals surface area contributed by atoms with Crippen molar-refractivity contribution in [2.24, 2.45) is 5.73 Å². The molecule has 2 aromatic heterocycles. The molecule has 0 atom stereocenters. The molecule has 1 aliphatic carbocycles. The zero-order chi connectivity index (χ0) is 21.3. The molecule has 1 aromatic carbocycles. The maximum absolute atomic E-state index is 13.1. The summed E-state index contributed by atoms with van der Waals surface area (Å²) in [7, 11) is 0. The van der Waals surface area contributed by atoms with Crippen molar-refractivity contribution < 1.29 is 14.4 Å². The fourth-order valence-electron chi connectivity index (χ4n) is 3.46. The van der Waals surface area contributed by atoms with E-state index in [2.05, 4.69) is 26.2 Å². The van der Waals surface area contributed by atoms with E-state index in [1.54, 1.807) is 35.4 Å². The molecule has 0 radical (unpaired) electrons. The van der Waals surface area contributed by atoms with Crippen LogP contribution in [0.2, 0.25) is 0 Å². The van der Waals surface area contributed by atoms with Gasteiger partial charge in [-0.1, -0.05) is 24.3 Å². The third-order valence-electron chi connectivity index (χ3n) is 4.98. The Morgan fingerprint density at radius 2 is 1.93 bits per heavy atom. The molecule has 1 fully saturated rings. The third-order valence-corrected chi connectivity index (χ3v) is 5.42. The van der Waals surface area contributed by atoms with Gasteiger partial charge in [0.05, 0.1) is 11.9 Å². The van der Waals surface area contributed by atoms with E-state index in [1.165, 1.54) is 4.57 Å². The first-order chi connectivity index (χ1) is 14.4. The lowest BCUT2D eigenvalue weighted by molar-refractivity contribution is -0.134. The van der Waals surface area contributed by atoms with Crippen molar-refractivity contribution in [2.45, 2.75) is 25.3 Å². The normalized spacial score (nSPS) is 13.2. The minimum Gasteiger partial charge on any atom is -0.351 e. The number of anilines is 1. The van der Waals surface area contributed by atoms with Crippen molar-refractivity contribution in [3.05, 3.63) is 58.8 Å². The molecule has 154 valence electrons. The number of carbonyl (C=O) groups is 3. The molecule has 1 saturated carbocycles. The Kier molecular flexibility index (Phi) is 5.54. The Hall–Kier alpha value is -3.20. The average Bonchev–Trinajstić information content (AvgIpc) is 3.48. The first-order valence-corrected chi connectivity index (χ1v) is 10.3. The van der Waals surface area contributed by atoms with Gasteiger partial charge in [-0.15, -0.1) is 0 Å². The first kappa shape index (κ1) is 20.1. The summed E-state index contributed by atoms with van der Waals surface area (Å²) in [5, 5.41) is 3.52. The van der Waals surface area contributed by atoms with Crippen LogP contribution in [0.15, 0.2) is 53.3 Å². The number of benzene rings is 1. The van der Waals surface area contributed by atoms with Gasteiger partial charge in [-0.2, -0.15) is 0 Å². The van der Waals surface area contributed by atoms with Crippen LogP contribution in [0.5, 0.6) is 0 Å². The van der Waals surface area contributed by atoms with E-state index < -0.39 is 6.03 Å². The van der Waals surface area contributed by atoms with Gasteiger partial charge in [0.1, 0.15) is 17.0 Å². The second-order valence-corrected chi connectivity index (χ2v) is 8.02. The number of pyridine rings is 1. The maximum atomic E-state index is 13.1. The van der Waals surface area contributed by atoms with Crippen LogP contribution in [0, 0.1) is 0 Å². The van der Waals surface area contributed by atoms with Crippen molar-refractivity contribution in [1.29, 1.82) is 0 Å². The Balaban J connectivity index is 1.50. The summed E-state index contributed by atoms with van der Waals surface area (Å²) in [4.78, 5) is 43.1. The van der Waals surface area contributed by atoms with Crippen molar-refractivity contribution >= 4 is 50.5 Å². The Morgan fingerprint density at radius 1 is 1.17 bits per heavy atom. The number of aromatic nitrogens is 2. The monoisotopic (exact) mass is 469 g/mol. The van der Waals surface area contributed by atoms with Gasteiger partial charge in [0.15, 0.2) is 0 Å². The predicted octanol–water partition coefficient (Wildman–Crippen LogP) is 2.90. The number of fused-ring (bicyclic) bond motifs is 1. The van der Waals surface area contributed by atoms with Crippen molar-refractivity contribution in [3.63, 3.8) is 0 Å². The third kappa shape index (κ3) is 4.35. The van der Waals surface area contributed by atoms with Crippen LogP contribution in [0.4, 0.5) is 10.6 Å². The highest BCUT2D eigenvalue weighted by molar-refractivity contribution is 9.10. The van der Waals surface area contributed by atoms with Crippen LogP contribution in [-0.2, 0) is 16.0 Å². The van der Waals surface area contributed by atoms with Crippen molar-refractivity contribution in [1.82, 2.24) is 14.5 Å². The van der Waals surface area contributed by atoms with Crippen LogP contribution in [0.1, 0.15) is 18.4 Å². The summed E-state index contributed by atoms with van der Waals surface area (Å²) >= 11 is 3.27. The van der Waals surface area contributed by atoms with Crippen LogP contribution in [0.25, 0.3) is 10.9 Å². The van der Waals surface area contributed by atoms with E-state index in [0.717, 1.165) is 18.2 Å². The highest BCUT2D eigenvalue weighted by atomic mass is 79.9. The van der Waals surface area contributed by atoms with E-state index in [9.17, 15) is 14.4 Å². The lowest BCUT2D eigenvalue weighted by Crippen LogP contribution is -2.40. The van der Waals surface area contributed by atoms with Gasteiger partial charge in [-0.25, -0.2) is 9.78 Å². The fraction of sp³-hybridized carbons (Fsp3) is 0.238. The Bertz CT molecular complexity index is 1140. The number of nitrogens with zero attached hydrogens (tertiary/aromatic N) is 3. The number of hydrogen-bond donors (Lipinski definition) is 2. The number of hydrogen-bond acceptors (Lipinski definition) is 4. The molecule has 1 aliphatic rings. The summed E-state index contributed by atoms with van der Waals surface area (Å²) in [5.41, 5.74) is 6.82. The lowest BCUT2D eigenvalue weighted by atomic mass is 10.1. The summed E-state index contributed by atoms with van der Waals surface area (Å²) in [6, 6.07) is 12.0. The number of amides is 3. The van der Waals surface area contributed by atoms with Crippen molar-refractivity contribution in [3.8, 4) is 0 Å². The molecule has 9 heteroatoms. The molecular weight excluding hydrogens is 450 g/mol. The largest absolute Gasteiger partial charge is 0.351 e. The molecule has 2 heterocycles. The van der Waals surface area contributed by atoms with Gasteiger partial charge in [0.2, 0.25) is 11.8 Å². The van der Waals surface area contributed by atoms with Gasteiger partial charge in [0.25, 0.3) is 0 Å². The highest BCUT2D eigenvalue weighted by Gasteiger charge is 2.34. The number of nitrogens with two attached hydrogens (primary N) is 1. The first-order valence-electron chi connectivity index (χ1n) is 9.53. The second kappa shape index (κ2) is 8.27. The molecular formula is C21H20BrN5O3. The van der Waals surface area contributed by atoms with Crippen LogP contribution >= 0.6 is 15.9 Å². The molecule has 3 N–H and O–H groups in total. The Labute approximate surface area is 181 Å². The van der Waals surface area contributed by atoms with Gasteiger partial charge >= 0.3 is 6.03 Å². The molecule has 3 aromatic rings. The molecule has 4 rings (SSSR count). The highest BCUT2D eigenvalue weighted by Crippen LogP contribution is 2.29. The van der Waals surface area contributed by atoms with Gasteiger partial charge < -0.3 is 16.0 Å². The van der Waals surface area contributed by atoms with Gasteiger partial charge in [0, 0.05) is 17.6 Å². The number of rotatable bonds is 6. The SMILES string of the molecule is NC(=O)n1cc(CC(=O)N(CC(=O)Nc2cccc(Br)n2)C2CC2)c2ccccc21. The smallest absolute Gasteiger partial charge is 0.323 e.